The number of hydrogen-bond donors (Lipinski definition) is 3. The average Bonchev–Trinajstić information content (AvgIpc) is 2.86. The van der Waals surface area contributed by atoms with Crippen LogP contribution in [0.4, 0.5) is 0 Å². The van der Waals surface area contributed by atoms with E-state index in [2.05, 4.69) is 20.7 Å². The lowest BCUT2D eigenvalue weighted by molar-refractivity contribution is 0.0696. The number of hydrogen-bond acceptors (Lipinski definition) is 4. The number of aliphatic hydroxyl groups is 1. The van der Waals surface area contributed by atoms with Crippen molar-refractivity contribution in [3.05, 3.63) is 28.2 Å². The molecule has 1 fully saturated rings. The quantitative estimate of drug-likeness (QED) is 0.724. The first-order valence-corrected chi connectivity index (χ1v) is 8.75. The minimum atomic E-state index is -3.84. The highest BCUT2D eigenvalue weighted by molar-refractivity contribution is 9.10. The third-order valence-electron chi connectivity index (χ3n) is 3.68. The lowest BCUT2D eigenvalue weighted by Gasteiger charge is -2.27. The highest BCUT2D eigenvalue weighted by atomic mass is 79.9. The Morgan fingerprint density at radius 1 is 1.33 bits per heavy atom. The minimum Gasteiger partial charge on any atom is -0.478 e. The monoisotopic (exact) mass is 377 g/mol. The second kappa shape index (κ2) is 6.04. The van der Waals surface area contributed by atoms with Crippen molar-refractivity contribution in [1.29, 1.82) is 0 Å². The molecule has 8 heteroatoms. The van der Waals surface area contributed by atoms with E-state index in [0.717, 1.165) is 12.8 Å². The van der Waals surface area contributed by atoms with Gasteiger partial charge in [0.05, 0.1) is 22.6 Å². The molecular weight excluding hydrogens is 362 g/mol. The number of aliphatic hydroxyl groups excluding tert-OH is 1. The molecule has 1 aromatic rings. The Morgan fingerprint density at radius 2 is 1.95 bits per heavy atom. The molecule has 0 unspecified atom stereocenters. The van der Waals surface area contributed by atoms with Gasteiger partial charge in [-0.05, 0) is 47.0 Å². The lowest BCUT2D eigenvalue weighted by Crippen LogP contribution is -2.49. The molecule has 3 N–H and O–H groups in total. The molecular formula is C13H16BrNO5S. The van der Waals surface area contributed by atoms with Crippen LogP contribution in [0.3, 0.4) is 0 Å². The van der Waals surface area contributed by atoms with Crippen molar-refractivity contribution >= 4 is 31.9 Å². The van der Waals surface area contributed by atoms with Gasteiger partial charge in [0.15, 0.2) is 0 Å². The van der Waals surface area contributed by atoms with Crippen molar-refractivity contribution < 1.29 is 23.4 Å². The maximum atomic E-state index is 12.5. The number of halogens is 1. The van der Waals surface area contributed by atoms with E-state index in [9.17, 15) is 18.3 Å². The Balaban J connectivity index is 2.33. The Hall–Kier alpha value is -0.960. The summed E-state index contributed by atoms with van der Waals surface area (Å²) in [5.74, 6) is -1.13. The Morgan fingerprint density at radius 3 is 2.43 bits per heavy atom. The summed E-state index contributed by atoms with van der Waals surface area (Å²) >= 11 is 3.10. The van der Waals surface area contributed by atoms with E-state index in [1.54, 1.807) is 0 Å². The van der Waals surface area contributed by atoms with Crippen molar-refractivity contribution in [3.8, 4) is 0 Å². The molecule has 6 nitrogen and oxygen atoms in total. The molecule has 0 atom stereocenters. The maximum Gasteiger partial charge on any atom is 0.335 e. The maximum absolute atomic E-state index is 12.5. The molecule has 1 aromatic carbocycles. The molecule has 0 bridgehead atoms. The van der Waals surface area contributed by atoms with Gasteiger partial charge in [0.25, 0.3) is 0 Å². The number of carboxylic acids is 1. The smallest absolute Gasteiger partial charge is 0.335 e. The van der Waals surface area contributed by atoms with E-state index in [-0.39, 0.29) is 21.5 Å². The molecule has 0 amide bonds. The van der Waals surface area contributed by atoms with Crippen molar-refractivity contribution in [2.45, 2.75) is 36.1 Å². The van der Waals surface area contributed by atoms with Crippen LogP contribution in [0.5, 0.6) is 0 Å². The molecule has 0 spiro atoms. The number of nitrogens with one attached hydrogen (secondary N) is 1. The van der Waals surface area contributed by atoms with Crippen molar-refractivity contribution in [3.63, 3.8) is 0 Å². The van der Waals surface area contributed by atoms with Gasteiger partial charge < -0.3 is 10.2 Å². The molecule has 1 saturated carbocycles. The zero-order chi connectivity index (χ0) is 15.7. The summed E-state index contributed by atoms with van der Waals surface area (Å²) in [6.45, 7) is -0.253. The predicted octanol–water partition coefficient (Wildman–Crippen LogP) is 1.73. The SMILES string of the molecule is O=C(O)c1ccc(S(=O)(=O)NC2(CO)CCCC2)c(Br)c1. The van der Waals surface area contributed by atoms with Crippen LogP contribution in [-0.4, -0.2) is 36.7 Å². The van der Waals surface area contributed by atoms with Crippen molar-refractivity contribution in [2.24, 2.45) is 0 Å². The van der Waals surface area contributed by atoms with Crippen LogP contribution >= 0.6 is 15.9 Å². The van der Waals surface area contributed by atoms with Crippen LogP contribution in [0.25, 0.3) is 0 Å². The third kappa shape index (κ3) is 3.45. The molecule has 1 aliphatic carbocycles. The fourth-order valence-corrected chi connectivity index (χ4v) is 5.07. The van der Waals surface area contributed by atoms with Crippen molar-refractivity contribution in [2.75, 3.05) is 6.61 Å². The molecule has 2 rings (SSSR count). The predicted molar refractivity (Wildman–Crippen MR) is 79.7 cm³/mol. The van der Waals surface area contributed by atoms with Crippen LogP contribution in [0, 0.1) is 0 Å². The van der Waals surface area contributed by atoms with E-state index in [1.807, 2.05) is 0 Å². The number of carboxylic acid groups (broad SMARTS) is 1. The molecule has 1 aliphatic rings. The first-order chi connectivity index (χ1) is 9.80. The minimum absolute atomic E-state index is 0.00133. The summed E-state index contributed by atoms with van der Waals surface area (Å²) in [4.78, 5) is 10.8. The summed E-state index contributed by atoms with van der Waals surface area (Å²) in [7, 11) is -3.84. The summed E-state index contributed by atoms with van der Waals surface area (Å²) in [5, 5.41) is 18.4. The fourth-order valence-electron chi connectivity index (χ4n) is 2.54. The van der Waals surface area contributed by atoms with Gasteiger partial charge in [0.2, 0.25) is 10.0 Å². The van der Waals surface area contributed by atoms with Crippen LogP contribution < -0.4 is 4.72 Å². The van der Waals surface area contributed by atoms with Crippen LogP contribution in [0.2, 0.25) is 0 Å². The largest absolute Gasteiger partial charge is 0.478 e. The van der Waals surface area contributed by atoms with E-state index < -0.39 is 21.5 Å². The van der Waals surface area contributed by atoms with Gasteiger partial charge in [-0.2, -0.15) is 0 Å². The molecule has 21 heavy (non-hydrogen) atoms. The second-order valence-corrected chi connectivity index (χ2v) is 7.71. The van der Waals surface area contributed by atoms with Gasteiger partial charge in [0.1, 0.15) is 0 Å². The van der Waals surface area contributed by atoms with Gasteiger partial charge in [-0.15, -0.1) is 0 Å². The highest BCUT2D eigenvalue weighted by Gasteiger charge is 2.38. The molecule has 0 aromatic heterocycles. The zero-order valence-electron chi connectivity index (χ0n) is 11.2. The molecule has 0 radical (unpaired) electrons. The number of benzene rings is 1. The van der Waals surface area contributed by atoms with Crippen molar-refractivity contribution in [1.82, 2.24) is 4.72 Å². The Labute approximate surface area is 131 Å². The fraction of sp³-hybridized carbons (Fsp3) is 0.462. The molecule has 116 valence electrons. The van der Waals surface area contributed by atoms with E-state index in [0.29, 0.717) is 12.8 Å². The van der Waals surface area contributed by atoms with Gasteiger partial charge in [-0.3, -0.25) is 0 Å². The van der Waals surface area contributed by atoms with Gasteiger partial charge >= 0.3 is 5.97 Å². The van der Waals surface area contributed by atoms with Crippen LogP contribution in [0.1, 0.15) is 36.0 Å². The Kier molecular flexibility index (Phi) is 4.72. The topological polar surface area (TPSA) is 104 Å². The number of sulfonamides is 1. The van der Waals surface area contributed by atoms with Crippen LogP contribution in [-0.2, 0) is 10.0 Å². The van der Waals surface area contributed by atoms with Crippen LogP contribution in [0.15, 0.2) is 27.6 Å². The number of aromatic carboxylic acids is 1. The highest BCUT2D eigenvalue weighted by Crippen LogP contribution is 2.32. The van der Waals surface area contributed by atoms with E-state index in [4.69, 9.17) is 5.11 Å². The first kappa shape index (κ1) is 16.4. The summed E-state index contributed by atoms with van der Waals surface area (Å²) in [6, 6.07) is 3.73. The summed E-state index contributed by atoms with van der Waals surface area (Å²) in [6.07, 6.45) is 2.91. The standard InChI is InChI=1S/C13H16BrNO5S/c14-10-7-9(12(17)18)3-4-11(10)21(19,20)15-13(8-16)5-1-2-6-13/h3-4,7,15-16H,1-2,5-6,8H2,(H,17,18). The van der Waals surface area contributed by atoms with Gasteiger partial charge in [-0.25, -0.2) is 17.9 Å². The number of carbonyl (C=O) groups is 1. The molecule has 0 saturated heterocycles. The van der Waals surface area contributed by atoms with Gasteiger partial charge in [-0.1, -0.05) is 12.8 Å². The number of rotatable bonds is 5. The first-order valence-electron chi connectivity index (χ1n) is 6.47. The molecule has 0 heterocycles. The summed E-state index contributed by atoms with van der Waals surface area (Å²) in [5.41, 5.74) is -0.817. The second-order valence-electron chi connectivity index (χ2n) is 5.20. The van der Waals surface area contributed by atoms with E-state index >= 15 is 0 Å². The normalized spacial score (nSPS) is 17.8. The molecule has 0 aliphatic heterocycles. The zero-order valence-corrected chi connectivity index (χ0v) is 13.6. The average molecular weight is 378 g/mol. The summed E-state index contributed by atoms with van der Waals surface area (Å²) < 4.78 is 27.7. The van der Waals surface area contributed by atoms with E-state index in [1.165, 1.54) is 18.2 Å². The lowest BCUT2D eigenvalue weighted by atomic mass is 10.0. The third-order valence-corrected chi connectivity index (χ3v) is 6.24. The Bertz CT molecular complexity index is 653. The van der Waals surface area contributed by atoms with Gasteiger partial charge in [0, 0.05) is 4.47 Å².